The average Bonchev–Trinajstić information content (AvgIpc) is 2.97. The van der Waals surface area contributed by atoms with Crippen LogP contribution in [0.3, 0.4) is 0 Å². The Morgan fingerprint density at radius 2 is 2.15 bits per heavy atom. The van der Waals surface area contributed by atoms with E-state index in [-0.39, 0.29) is 18.6 Å². The molecule has 1 N–H and O–H groups in total. The van der Waals surface area contributed by atoms with Gasteiger partial charge in [-0.05, 0) is 44.2 Å². The number of amides is 1. The topological polar surface area (TPSA) is 56.8 Å². The molecule has 3 rings (SSSR count). The highest BCUT2D eigenvalue weighted by Gasteiger charge is 2.22. The van der Waals surface area contributed by atoms with Gasteiger partial charge in [-0.2, -0.15) is 0 Å². The zero-order chi connectivity index (χ0) is 18.5. The van der Waals surface area contributed by atoms with Gasteiger partial charge in [0.05, 0.1) is 6.61 Å². The van der Waals surface area contributed by atoms with Gasteiger partial charge in [-0.3, -0.25) is 4.79 Å². The first-order valence-corrected chi connectivity index (χ1v) is 9.03. The number of fused-ring (bicyclic) bond motifs is 1. The highest BCUT2D eigenvalue weighted by Crippen LogP contribution is 2.35. The minimum atomic E-state index is -0.220. The van der Waals surface area contributed by atoms with E-state index in [2.05, 4.69) is 5.32 Å². The molecule has 1 amide bonds. The molecular formula is C20H22ClNO4. The maximum Gasteiger partial charge on any atom is 0.258 e. The van der Waals surface area contributed by atoms with Crippen molar-refractivity contribution in [1.82, 2.24) is 5.32 Å². The molecule has 0 saturated heterocycles. The fourth-order valence-corrected chi connectivity index (χ4v) is 3.04. The Morgan fingerprint density at radius 3 is 2.92 bits per heavy atom. The van der Waals surface area contributed by atoms with Crippen molar-refractivity contribution in [2.24, 2.45) is 0 Å². The molecule has 0 aromatic heterocycles. The van der Waals surface area contributed by atoms with E-state index in [0.717, 1.165) is 29.0 Å². The molecule has 0 bridgehead atoms. The van der Waals surface area contributed by atoms with Crippen LogP contribution in [0.15, 0.2) is 36.4 Å². The summed E-state index contributed by atoms with van der Waals surface area (Å²) in [5.74, 6) is 1.98. The summed E-state index contributed by atoms with van der Waals surface area (Å²) in [6, 6.07) is 10.9. The summed E-state index contributed by atoms with van der Waals surface area (Å²) in [5.41, 5.74) is 2.02. The summed E-state index contributed by atoms with van der Waals surface area (Å²) in [6.45, 7) is 4.80. The van der Waals surface area contributed by atoms with Gasteiger partial charge in [0.25, 0.3) is 5.91 Å². The van der Waals surface area contributed by atoms with Crippen LogP contribution in [0.4, 0.5) is 0 Å². The first-order chi connectivity index (χ1) is 12.5. The molecule has 0 radical (unpaired) electrons. The van der Waals surface area contributed by atoms with E-state index >= 15 is 0 Å². The van der Waals surface area contributed by atoms with Crippen LogP contribution in [0.5, 0.6) is 17.2 Å². The van der Waals surface area contributed by atoms with Crippen molar-refractivity contribution in [2.75, 3.05) is 13.2 Å². The maximum absolute atomic E-state index is 12.1. The molecule has 0 aliphatic carbocycles. The van der Waals surface area contributed by atoms with Gasteiger partial charge in [0.2, 0.25) is 0 Å². The van der Waals surface area contributed by atoms with Crippen molar-refractivity contribution in [3.63, 3.8) is 0 Å². The number of rotatable bonds is 7. The first-order valence-electron chi connectivity index (χ1n) is 8.65. The molecule has 1 atom stereocenters. The Balaban J connectivity index is 1.60. The summed E-state index contributed by atoms with van der Waals surface area (Å²) < 4.78 is 17.0. The molecule has 2 aromatic carbocycles. The Morgan fingerprint density at radius 1 is 1.31 bits per heavy atom. The largest absolute Gasteiger partial charge is 0.494 e. The van der Waals surface area contributed by atoms with E-state index < -0.39 is 0 Å². The number of nitrogens with one attached hydrogen (secondary N) is 1. The molecular weight excluding hydrogens is 354 g/mol. The minimum absolute atomic E-state index is 0.0806. The molecule has 1 aliphatic heterocycles. The number of hydrogen-bond acceptors (Lipinski definition) is 4. The third-order valence-electron chi connectivity index (χ3n) is 4.02. The van der Waals surface area contributed by atoms with Gasteiger partial charge >= 0.3 is 0 Å². The van der Waals surface area contributed by atoms with Gasteiger partial charge in [-0.15, -0.1) is 0 Å². The highest BCUT2D eigenvalue weighted by atomic mass is 35.5. The van der Waals surface area contributed by atoms with E-state index in [0.29, 0.717) is 23.9 Å². The SMILES string of the molecule is CCOc1cc2c(cc1CNC(=O)COc1cccc(Cl)c1)O[C@H](C)C2. The summed E-state index contributed by atoms with van der Waals surface area (Å²) in [6.07, 6.45) is 1.03. The van der Waals surface area contributed by atoms with Crippen molar-refractivity contribution in [2.45, 2.75) is 32.9 Å². The number of hydrogen-bond donors (Lipinski definition) is 1. The molecule has 2 aromatic rings. The second kappa shape index (κ2) is 8.32. The van der Waals surface area contributed by atoms with Crippen LogP contribution in [0.25, 0.3) is 0 Å². The van der Waals surface area contributed by atoms with Crippen LogP contribution in [0, 0.1) is 0 Å². The molecule has 138 valence electrons. The third-order valence-corrected chi connectivity index (χ3v) is 4.26. The van der Waals surface area contributed by atoms with Crippen molar-refractivity contribution >= 4 is 17.5 Å². The number of benzene rings is 2. The number of halogens is 1. The molecule has 5 nitrogen and oxygen atoms in total. The fraction of sp³-hybridized carbons (Fsp3) is 0.350. The van der Waals surface area contributed by atoms with Gasteiger partial charge in [0.15, 0.2) is 6.61 Å². The summed E-state index contributed by atoms with van der Waals surface area (Å²) in [5, 5.41) is 3.42. The number of carbonyl (C=O) groups is 1. The molecule has 0 saturated carbocycles. The van der Waals surface area contributed by atoms with Crippen molar-refractivity contribution in [1.29, 1.82) is 0 Å². The fourth-order valence-electron chi connectivity index (χ4n) is 2.86. The Bertz CT molecular complexity index is 793. The second-order valence-electron chi connectivity index (χ2n) is 6.16. The van der Waals surface area contributed by atoms with Crippen molar-refractivity contribution < 1.29 is 19.0 Å². The quantitative estimate of drug-likeness (QED) is 0.800. The molecule has 0 unspecified atom stereocenters. The zero-order valence-corrected chi connectivity index (χ0v) is 15.6. The Kier molecular flexibility index (Phi) is 5.89. The van der Waals surface area contributed by atoms with E-state index in [9.17, 15) is 4.79 Å². The van der Waals surface area contributed by atoms with Crippen LogP contribution in [0.1, 0.15) is 25.0 Å². The lowest BCUT2D eigenvalue weighted by atomic mass is 10.1. The predicted octanol–water partition coefficient (Wildman–Crippen LogP) is 3.76. The smallest absolute Gasteiger partial charge is 0.258 e. The Labute approximate surface area is 158 Å². The van der Waals surface area contributed by atoms with Crippen molar-refractivity contribution in [3.05, 3.63) is 52.5 Å². The third kappa shape index (κ3) is 4.61. The van der Waals surface area contributed by atoms with Gasteiger partial charge in [0.1, 0.15) is 23.4 Å². The molecule has 26 heavy (non-hydrogen) atoms. The standard InChI is InChI=1S/C20H22ClNO4/c1-3-24-18-8-14-7-13(2)26-19(14)9-15(18)11-22-20(23)12-25-17-6-4-5-16(21)10-17/h4-6,8-10,13H,3,7,11-12H2,1-2H3,(H,22,23)/t13-/m1/s1. The number of carbonyl (C=O) groups excluding carboxylic acids is 1. The molecule has 1 heterocycles. The van der Waals surface area contributed by atoms with E-state index in [1.165, 1.54) is 0 Å². The predicted molar refractivity (Wildman–Crippen MR) is 100 cm³/mol. The maximum atomic E-state index is 12.1. The number of ether oxygens (including phenoxy) is 3. The first kappa shape index (κ1) is 18.4. The van der Waals surface area contributed by atoms with E-state index in [4.69, 9.17) is 25.8 Å². The summed E-state index contributed by atoms with van der Waals surface area (Å²) >= 11 is 5.90. The monoisotopic (exact) mass is 375 g/mol. The normalized spacial score (nSPS) is 15.1. The zero-order valence-electron chi connectivity index (χ0n) is 14.9. The van der Waals surface area contributed by atoms with Crippen LogP contribution < -0.4 is 19.5 Å². The summed E-state index contributed by atoms with van der Waals surface area (Å²) in [4.78, 5) is 12.1. The molecule has 6 heteroatoms. The molecule has 1 aliphatic rings. The van der Waals surface area contributed by atoms with Crippen LogP contribution in [0.2, 0.25) is 5.02 Å². The lowest BCUT2D eigenvalue weighted by molar-refractivity contribution is -0.123. The van der Waals surface area contributed by atoms with Crippen LogP contribution >= 0.6 is 11.6 Å². The lowest BCUT2D eigenvalue weighted by Crippen LogP contribution is -2.28. The molecule has 0 spiro atoms. The Hall–Kier alpha value is -2.40. The van der Waals surface area contributed by atoms with Crippen LogP contribution in [-0.2, 0) is 17.8 Å². The average molecular weight is 376 g/mol. The van der Waals surface area contributed by atoms with Gasteiger partial charge in [0, 0.05) is 29.1 Å². The lowest BCUT2D eigenvalue weighted by Gasteiger charge is -2.13. The summed E-state index contributed by atoms with van der Waals surface area (Å²) in [7, 11) is 0. The van der Waals surface area contributed by atoms with Gasteiger partial charge in [-0.25, -0.2) is 0 Å². The van der Waals surface area contributed by atoms with E-state index in [1.807, 2.05) is 26.0 Å². The highest BCUT2D eigenvalue weighted by molar-refractivity contribution is 6.30. The van der Waals surface area contributed by atoms with E-state index in [1.54, 1.807) is 24.3 Å². The van der Waals surface area contributed by atoms with Crippen molar-refractivity contribution in [3.8, 4) is 17.2 Å². The van der Waals surface area contributed by atoms with Crippen LogP contribution in [-0.4, -0.2) is 25.2 Å². The molecule has 0 fully saturated rings. The second-order valence-corrected chi connectivity index (χ2v) is 6.59. The van der Waals surface area contributed by atoms with Gasteiger partial charge in [-0.1, -0.05) is 17.7 Å². The minimum Gasteiger partial charge on any atom is -0.494 e. The van der Waals surface area contributed by atoms with Gasteiger partial charge < -0.3 is 19.5 Å².